The first-order valence-electron chi connectivity index (χ1n) is 12.4. The highest BCUT2D eigenvalue weighted by molar-refractivity contribution is 6.12. The van der Waals surface area contributed by atoms with Gasteiger partial charge in [0.15, 0.2) is 0 Å². The van der Waals surface area contributed by atoms with Gasteiger partial charge in [-0.2, -0.15) is 0 Å². The molecule has 0 spiro atoms. The predicted molar refractivity (Wildman–Crippen MR) is 132 cm³/mol. The van der Waals surface area contributed by atoms with Crippen molar-refractivity contribution in [2.75, 3.05) is 17.7 Å². The molecule has 1 saturated heterocycles. The first-order valence-corrected chi connectivity index (χ1v) is 12.4. The van der Waals surface area contributed by atoms with Crippen molar-refractivity contribution in [3.05, 3.63) is 36.3 Å². The van der Waals surface area contributed by atoms with E-state index in [9.17, 15) is 14.4 Å². The van der Waals surface area contributed by atoms with Gasteiger partial charge in [-0.25, -0.2) is 14.8 Å². The molecule has 1 aliphatic heterocycles. The number of carbonyl (C=O) groups excluding carboxylic acids is 3. The first-order chi connectivity index (χ1) is 16.8. The summed E-state index contributed by atoms with van der Waals surface area (Å²) in [5, 5.41) is 3.08. The fraction of sp³-hybridized carbons (Fsp3) is 0.560. The molecule has 2 aromatic heterocycles. The van der Waals surface area contributed by atoms with Crippen molar-refractivity contribution in [1.82, 2.24) is 24.8 Å². The number of hydrogen-bond donors (Lipinski definition) is 2. The lowest BCUT2D eigenvalue weighted by atomic mass is 9.81. The van der Waals surface area contributed by atoms with Crippen LogP contribution in [-0.2, 0) is 23.1 Å². The van der Waals surface area contributed by atoms with E-state index >= 15 is 0 Å². The lowest BCUT2D eigenvalue weighted by molar-refractivity contribution is -0.156. The number of likely N-dealkylation sites (tertiary alicyclic amines) is 1. The Bertz CT molecular complexity index is 1080. The number of hydrogen-bond acceptors (Lipinski definition) is 6. The third-order valence-corrected chi connectivity index (χ3v) is 7.38. The van der Waals surface area contributed by atoms with Crippen LogP contribution in [0.4, 0.5) is 16.6 Å². The van der Waals surface area contributed by atoms with E-state index in [-0.39, 0.29) is 17.9 Å². The predicted octanol–water partition coefficient (Wildman–Crippen LogP) is 2.50. The van der Waals surface area contributed by atoms with Crippen molar-refractivity contribution in [3.8, 4) is 0 Å². The fourth-order valence-corrected chi connectivity index (χ4v) is 5.43. The van der Waals surface area contributed by atoms with Crippen molar-refractivity contribution in [2.45, 2.75) is 64.0 Å². The summed E-state index contributed by atoms with van der Waals surface area (Å²) in [6.45, 7) is 2.05. The van der Waals surface area contributed by atoms with Crippen LogP contribution in [0.3, 0.4) is 0 Å². The molecule has 3 heterocycles. The molecule has 2 fully saturated rings. The number of nitrogens with one attached hydrogen (secondary N) is 1. The summed E-state index contributed by atoms with van der Waals surface area (Å²) >= 11 is 0. The molecule has 0 radical (unpaired) electrons. The van der Waals surface area contributed by atoms with E-state index in [1.807, 2.05) is 6.92 Å². The molecule has 4 rings (SSSR count). The molecule has 3 N–H and O–H groups in total. The van der Waals surface area contributed by atoms with E-state index in [4.69, 9.17) is 5.73 Å². The van der Waals surface area contributed by atoms with Crippen molar-refractivity contribution < 1.29 is 14.4 Å². The summed E-state index contributed by atoms with van der Waals surface area (Å²) in [6.07, 6.45) is 11.7. The molecule has 1 saturated carbocycles. The first kappa shape index (κ1) is 24.7. The quantitative estimate of drug-likeness (QED) is 0.585. The van der Waals surface area contributed by atoms with E-state index in [1.165, 1.54) is 11.3 Å². The number of aromatic nitrogens is 3. The van der Waals surface area contributed by atoms with Crippen molar-refractivity contribution >= 4 is 29.6 Å². The van der Waals surface area contributed by atoms with Gasteiger partial charge in [-0.05, 0) is 49.3 Å². The monoisotopic (exact) mass is 481 g/mol. The summed E-state index contributed by atoms with van der Waals surface area (Å²) in [6, 6.07) is 2.02. The lowest BCUT2D eigenvalue weighted by Gasteiger charge is -2.46. The van der Waals surface area contributed by atoms with Gasteiger partial charge in [0.2, 0.25) is 11.9 Å². The number of carbonyl (C=O) groups is 3. The standard InChI is InChI=1S/C25H35N7O3/c1-4-19(17-8-6-5-7-9-17)29-25(35)32-21(23(34)31(3)24-28-12-13-30(24)2)18(22(32)33)14-16-10-11-27-20(26)15-16/h10-13,15,17-19,21H,4-9,14H2,1-3H3,(H2,26,27)(H,29,35)/t18?,19?,21-/m0/s1. The summed E-state index contributed by atoms with van der Waals surface area (Å²) in [5.74, 6) is -0.207. The second-order valence-electron chi connectivity index (χ2n) is 9.65. The zero-order valence-corrected chi connectivity index (χ0v) is 20.7. The van der Waals surface area contributed by atoms with E-state index in [1.54, 1.807) is 49.4 Å². The molecule has 4 amide bonds. The number of nitrogens with zero attached hydrogens (tertiary/aromatic N) is 5. The van der Waals surface area contributed by atoms with Crippen LogP contribution in [-0.4, -0.2) is 56.4 Å². The Morgan fingerprint density at radius 2 is 1.97 bits per heavy atom. The highest BCUT2D eigenvalue weighted by atomic mass is 16.2. The Hall–Kier alpha value is -3.43. The summed E-state index contributed by atoms with van der Waals surface area (Å²) in [7, 11) is 3.40. The molecular weight excluding hydrogens is 446 g/mol. The highest BCUT2D eigenvalue weighted by Gasteiger charge is 2.55. The Labute approximate surface area is 205 Å². The highest BCUT2D eigenvalue weighted by Crippen LogP contribution is 2.34. The van der Waals surface area contributed by atoms with Crippen molar-refractivity contribution in [3.63, 3.8) is 0 Å². The van der Waals surface area contributed by atoms with Crippen LogP contribution in [0.5, 0.6) is 0 Å². The average molecular weight is 482 g/mol. The van der Waals surface area contributed by atoms with Crippen LogP contribution >= 0.6 is 0 Å². The fourth-order valence-electron chi connectivity index (χ4n) is 5.43. The maximum atomic E-state index is 13.6. The molecule has 188 valence electrons. The largest absolute Gasteiger partial charge is 0.384 e. The molecular formula is C25H35N7O3. The Kier molecular flexibility index (Phi) is 7.37. The van der Waals surface area contributed by atoms with Gasteiger partial charge >= 0.3 is 6.03 Å². The van der Waals surface area contributed by atoms with Gasteiger partial charge in [-0.1, -0.05) is 26.2 Å². The normalized spacial score (nSPS) is 21.3. The van der Waals surface area contributed by atoms with E-state index in [2.05, 4.69) is 15.3 Å². The molecule has 10 nitrogen and oxygen atoms in total. The molecule has 1 aliphatic carbocycles. The summed E-state index contributed by atoms with van der Waals surface area (Å²) in [4.78, 5) is 51.0. The van der Waals surface area contributed by atoms with Gasteiger partial charge in [0.25, 0.3) is 5.91 Å². The van der Waals surface area contributed by atoms with Crippen LogP contribution in [0.1, 0.15) is 51.0 Å². The van der Waals surface area contributed by atoms with Gasteiger partial charge in [0.05, 0.1) is 5.92 Å². The van der Waals surface area contributed by atoms with E-state index in [0.29, 0.717) is 24.1 Å². The van der Waals surface area contributed by atoms with Crippen molar-refractivity contribution in [2.24, 2.45) is 18.9 Å². The van der Waals surface area contributed by atoms with E-state index in [0.717, 1.165) is 42.6 Å². The van der Waals surface area contributed by atoms with Crippen LogP contribution in [0.25, 0.3) is 0 Å². The SMILES string of the molecule is CCC(NC(=O)N1C(=O)C(Cc2ccnc(N)c2)[C@H]1C(=O)N(C)c1nccn1C)C1CCCCC1. The molecule has 2 aromatic rings. The number of imidazole rings is 1. The number of anilines is 2. The Morgan fingerprint density at radius 1 is 1.23 bits per heavy atom. The third kappa shape index (κ3) is 5.01. The number of β-lactam (4-membered cyclic amide) rings is 1. The van der Waals surface area contributed by atoms with E-state index < -0.39 is 18.0 Å². The van der Waals surface area contributed by atoms with Gasteiger partial charge in [-0.15, -0.1) is 0 Å². The maximum absolute atomic E-state index is 13.6. The van der Waals surface area contributed by atoms with Crippen LogP contribution < -0.4 is 16.0 Å². The number of aryl methyl sites for hydroxylation is 1. The minimum atomic E-state index is -0.928. The second kappa shape index (κ2) is 10.5. The molecule has 0 bridgehead atoms. The third-order valence-electron chi connectivity index (χ3n) is 7.38. The van der Waals surface area contributed by atoms with Crippen LogP contribution in [0.15, 0.2) is 30.7 Å². The maximum Gasteiger partial charge on any atom is 0.325 e. The number of imide groups is 1. The summed E-state index contributed by atoms with van der Waals surface area (Å²) in [5.41, 5.74) is 6.61. The molecule has 35 heavy (non-hydrogen) atoms. The van der Waals surface area contributed by atoms with Crippen LogP contribution in [0.2, 0.25) is 0 Å². The Morgan fingerprint density at radius 3 is 2.60 bits per heavy atom. The number of nitrogens with two attached hydrogens (primary N) is 1. The van der Waals surface area contributed by atoms with Gasteiger partial charge in [0, 0.05) is 38.7 Å². The number of nitrogen functional groups attached to an aromatic ring is 1. The van der Waals surface area contributed by atoms with Gasteiger partial charge < -0.3 is 15.6 Å². The number of amides is 4. The number of urea groups is 1. The lowest BCUT2D eigenvalue weighted by Crippen LogP contribution is -2.71. The molecule has 3 atom stereocenters. The summed E-state index contributed by atoms with van der Waals surface area (Å²) < 4.78 is 1.72. The number of rotatable bonds is 7. The molecule has 2 aliphatic rings. The number of pyridine rings is 1. The van der Waals surface area contributed by atoms with Crippen molar-refractivity contribution in [1.29, 1.82) is 0 Å². The van der Waals surface area contributed by atoms with Crippen LogP contribution in [0, 0.1) is 11.8 Å². The number of likely N-dealkylation sites (N-methyl/N-ethyl adjacent to an activating group) is 1. The molecule has 0 aromatic carbocycles. The van der Waals surface area contributed by atoms with Gasteiger partial charge in [0.1, 0.15) is 11.9 Å². The zero-order valence-electron chi connectivity index (χ0n) is 20.7. The van der Waals surface area contributed by atoms with Gasteiger partial charge in [-0.3, -0.25) is 19.4 Å². The topological polar surface area (TPSA) is 126 Å². The average Bonchev–Trinajstić information content (AvgIpc) is 3.29. The molecule has 2 unspecified atom stereocenters. The smallest absolute Gasteiger partial charge is 0.325 e. The second-order valence-corrected chi connectivity index (χ2v) is 9.65. The molecule has 10 heteroatoms. The Balaban J connectivity index is 1.56. The minimum Gasteiger partial charge on any atom is -0.384 e. The minimum absolute atomic E-state index is 0.0160. The zero-order chi connectivity index (χ0) is 25.1.